The van der Waals surface area contributed by atoms with E-state index in [1.54, 1.807) is 0 Å². The molecule has 0 atom stereocenters. The first-order valence-corrected chi connectivity index (χ1v) is 4.21. The van der Waals surface area contributed by atoms with Crippen LogP contribution in [0.2, 0.25) is 0 Å². The molecule has 1 aliphatic carbocycles. The van der Waals surface area contributed by atoms with Gasteiger partial charge in [-0.2, -0.15) is 35.1 Å². The van der Waals surface area contributed by atoms with Crippen LogP contribution in [0.1, 0.15) is 0 Å². The highest BCUT2D eigenvalue weighted by molar-refractivity contribution is 5.87. The average molecular weight is 301 g/mol. The van der Waals surface area contributed by atoms with Gasteiger partial charge in [-0.1, -0.05) is 6.58 Å². The Balaban J connectivity index is 3.75. The number of carbonyl (C=O) groups is 1. The van der Waals surface area contributed by atoms with Crippen molar-refractivity contribution < 1.29 is 49.4 Å². The lowest BCUT2D eigenvalue weighted by molar-refractivity contribution is -0.306. The van der Waals surface area contributed by atoms with Gasteiger partial charge in [-0.3, -0.25) is 0 Å². The van der Waals surface area contributed by atoms with E-state index in [0.717, 1.165) is 0 Å². The fourth-order valence-corrected chi connectivity index (χ4v) is 1.54. The van der Waals surface area contributed by atoms with Gasteiger partial charge in [-0.15, -0.1) is 0 Å². The molecule has 1 aliphatic rings. The predicted molar refractivity (Wildman–Crippen MR) is 37.8 cm³/mol. The van der Waals surface area contributed by atoms with Crippen molar-refractivity contribution >= 4 is 5.97 Å². The molecular formula is C8H2F9O2-. The fourth-order valence-electron chi connectivity index (χ4n) is 1.54. The second-order valence-corrected chi connectivity index (χ2v) is 3.72. The number of hydrogen-bond acceptors (Lipinski definition) is 2. The molecule has 110 valence electrons. The Morgan fingerprint density at radius 3 is 1.21 bits per heavy atom. The van der Waals surface area contributed by atoms with E-state index in [9.17, 15) is 49.4 Å². The van der Waals surface area contributed by atoms with Gasteiger partial charge in [0.05, 0.1) is 5.97 Å². The van der Waals surface area contributed by atoms with Crippen molar-refractivity contribution in [1.82, 2.24) is 0 Å². The molecule has 0 amide bonds. The second kappa shape index (κ2) is 3.37. The summed E-state index contributed by atoms with van der Waals surface area (Å²) in [6.45, 7) is 1.87. The second-order valence-electron chi connectivity index (χ2n) is 3.72. The third kappa shape index (κ3) is 1.23. The molecule has 0 spiro atoms. The first kappa shape index (κ1) is 15.6. The van der Waals surface area contributed by atoms with Crippen molar-refractivity contribution in [3.63, 3.8) is 0 Å². The van der Waals surface area contributed by atoms with Crippen LogP contribution in [-0.2, 0) is 4.79 Å². The van der Waals surface area contributed by atoms with Crippen LogP contribution in [0.15, 0.2) is 12.2 Å². The molecule has 0 radical (unpaired) electrons. The van der Waals surface area contributed by atoms with Crippen molar-refractivity contribution in [3.05, 3.63) is 12.2 Å². The van der Waals surface area contributed by atoms with E-state index in [-0.39, 0.29) is 0 Å². The molecule has 2 nitrogen and oxygen atoms in total. The first-order chi connectivity index (χ1) is 8.10. The summed E-state index contributed by atoms with van der Waals surface area (Å²) in [5.41, 5.74) is -9.09. The fraction of sp³-hybridized carbons (Fsp3) is 0.625. The molecular weight excluding hydrogens is 299 g/mol. The molecule has 0 aromatic carbocycles. The molecule has 0 bridgehead atoms. The van der Waals surface area contributed by atoms with Crippen LogP contribution in [0, 0.1) is 0 Å². The van der Waals surface area contributed by atoms with E-state index in [0.29, 0.717) is 0 Å². The maximum atomic E-state index is 13.5. The predicted octanol–water partition coefficient (Wildman–Crippen LogP) is 1.56. The monoisotopic (exact) mass is 301 g/mol. The van der Waals surface area contributed by atoms with E-state index in [1.165, 1.54) is 0 Å². The molecule has 1 fully saturated rings. The summed E-state index contributed by atoms with van der Waals surface area (Å²) < 4.78 is 116. The third-order valence-corrected chi connectivity index (χ3v) is 2.71. The van der Waals surface area contributed by atoms with Gasteiger partial charge < -0.3 is 9.90 Å². The smallest absolute Gasteiger partial charge is 0.382 e. The number of aliphatic carboxylic acids is 1. The number of carbonyl (C=O) groups excluding carboxylic acids is 1. The number of carboxylic acid groups (broad SMARTS) is 1. The zero-order valence-electron chi connectivity index (χ0n) is 8.43. The van der Waals surface area contributed by atoms with Crippen molar-refractivity contribution in [2.24, 2.45) is 0 Å². The Labute approximate surface area is 98.0 Å². The minimum Gasteiger partial charge on any atom is -0.545 e. The van der Waals surface area contributed by atoms with Crippen molar-refractivity contribution in [2.45, 2.75) is 29.4 Å². The number of rotatable bonds is 2. The summed E-state index contributed by atoms with van der Waals surface area (Å²) in [6.07, 6.45) is 0. The molecule has 0 aromatic rings. The number of halogens is 9. The van der Waals surface area contributed by atoms with Gasteiger partial charge in [0.1, 0.15) is 0 Å². The highest BCUT2D eigenvalue weighted by Crippen LogP contribution is 2.70. The molecule has 0 saturated heterocycles. The standard InChI is InChI=1S/C8H3F9O2/c1-2(3(18)19)4(9)5(10,11)7(14,15)8(16,17)6(4,12)13/h1H2,(H,18,19)/p-1. The molecule has 0 heterocycles. The molecule has 11 heteroatoms. The largest absolute Gasteiger partial charge is 0.545 e. The van der Waals surface area contributed by atoms with Gasteiger partial charge >= 0.3 is 23.7 Å². The zero-order chi connectivity index (χ0) is 15.7. The SMILES string of the molecule is C=C(C(=O)[O-])C1(F)C(F)(F)C(F)(F)C(F)(F)C1(F)F. The van der Waals surface area contributed by atoms with E-state index < -0.39 is 40.9 Å². The van der Waals surface area contributed by atoms with Crippen LogP contribution in [0.3, 0.4) is 0 Å². The summed E-state index contributed by atoms with van der Waals surface area (Å²) in [5, 5.41) is 10.1. The molecule has 0 aromatic heterocycles. The molecule has 1 rings (SSSR count). The Bertz CT molecular complexity index is 427. The molecule has 0 aliphatic heterocycles. The Morgan fingerprint density at radius 2 is 1.00 bits per heavy atom. The highest BCUT2D eigenvalue weighted by Gasteiger charge is 3.01. The lowest BCUT2D eigenvalue weighted by Gasteiger charge is -2.32. The molecule has 0 unspecified atom stereocenters. The highest BCUT2D eigenvalue weighted by atomic mass is 19.4. The first-order valence-electron chi connectivity index (χ1n) is 4.21. The maximum Gasteiger partial charge on any atom is 0.382 e. The van der Waals surface area contributed by atoms with Crippen molar-refractivity contribution in [1.29, 1.82) is 0 Å². The van der Waals surface area contributed by atoms with E-state index in [4.69, 9.17) is 0 Å². The van der Waals surface area contributed by atoms with Gasteiger partial charge in [-0.25, -0.2) is 4.39 Å². The van der Waals surface area contributed by atoms with Crippen LogP contribution in [0.5, 0.6) is 0 Å². The van der Waals surface area contributed by atoms with Crippen LogP contribution in [0.25, 0.3) is 0 Å². The van der Waals surface area contributed by atoms with Gasteiger partial charge in [0.2, 0.25) is 0 Å². The van der Waals surface area contributed by atoms with Gasteiger partial charge in [0.15, 0.2) is 0 Å². The summed E-state index contributed by atoms with van der Waals surface area (Å²) in [7, 11) is 0. The minimum absolute atomic E-state index is 1.87. The summed E-state index contributed by atoms with van der Waals surface area (Å²) in [4.78, 5) is 10.1. The summed E-state index contributed by atoms with van der Waals surface area (Å²) in [6, 6.07) is 0. The van der Waals surface area contributed by atoms with Gasteiger partial charge in [-0.05, 0) is 0 Å². The Hall–Kier alpha value is -1.42. The van der Waals surface area contributed by atoms with Crippen LogP contribution in [0.4, 0.5) is 39.5 Å². The van der Waals surface area contributed by atoms with Gasteiger partial charge in [0.25, 0.3) is 5.67 Å². The average Bonchev–Trinajstić information content (AvgIpc) is 2.28. The quantitative estimate of drug-likeness (QED) is 0.573. The van der Waals surface area contributed by atoms with Crippen molar-refractivity contribution in [2.75, 3.05) is 0 Å². The van der Waals surface area contributed by atoms with Gasteiger partial charge in [0, 0.05) is 5.57 Å². The number of carboxylic acids is 1. The molecule has 19 heavy (non-hydrogen) atoms. The number of hydrogen-bond donors (Lipinski definition) is 0. The Morgan fingerprint density at radius 1 is 0.737 bits per heavy atom. The van der Waals surface area contributed by atoms with Crippen LogP contribution >= 0.6 is 0 Å². The lowest BCUT2D eigenvalue weighted by atomic mass is 9.89. The molecule has 0 N–H and O–H groups in total. The van der Waals surface area contributed by atoms with Crippen LogP contribution < -0.4 is 5.11 Å². The minimum atomic E-state index is -6.82. The van der Waals surface area contributed by atoms with E-state index in [1.807, 2.05) is 6.58 Å². The zero-order valence-corrected chi connectivity index (χ0v) is 8.43. The van der Waals surface area contributed by atoms with E-state index in [2.05, 4.69) is 0 Å². The topological polar surface area (TPSA) is 40.1 Å². The van der Waals surface area contributed by atoms with Crippen molar-refractivity contribution in [3.8, 4) is 0 Å². The summed E-state index contributed by atoms with van der Waals surface area (Å²) >= 11 is 0. The summed E-state index contributed by atoms with van der Waals surface area (Å²) in [5.74, 6) is -30.2. The lowest BCUT2D eigenvalue weighted by Crippen LogP contribution is -2.58. The Kier molecular flexibility index (Phi) is 2.77. The third-order valence-electron chi connectivity index (χ3n) is 2.71. The molecule has 1 saturated carbocycles. The maximum absolute atomic E-state index is 13.5. The van der Waals surface area contributed by atoms with Crippen LogP contribution in [-0.4, -0.2) is 35.3 Å². The number of alkyl halides is 9. The normalized spacial score (nSPS) is 28.9. The van der Waals surface area contributed by atoms with E-state index >= 15 is 0 Å².